The molecule has 0 aliphatic heterocycles. The lowest BCUT2D eigenvalue weighted by Gasteiger charge is -2.20. The predicted octanol–water partition coefficient (Wildman–Crippen LogP) is 2.18. The monoisotopic (exact) mass is 299 g/mol. The van der Waals surface area contributed by atoms with E-state index in [4.69, 9.17) is 21.1 Å². The molecule has 20 heavy (non-hydrogen) atoms. The van der Waals surface area contributed by atoms with Crippen molar-refractivity contribution in [3.63, 3.8) is 0 Å². The van der Waals surface area contributed by atoms with Crippen molar-refractivity contribution in [1.29, 1.82) is 0 Å². The first-order valence-corrected chi connectivity index (χ1v) is 6.49. The van der Waals surface area contributed by atoms with E-state index in [0.29, 0.717) is 10.8 Å². The number of nitrogens with one attached hydrogen (secondary N) is 1. The number of halogens is 1. The van der Waals surface area contributed by atoms with Gasteiger partial charge in [-0.3, -0.25) is 4.79 Å². The molecule has 1 amide bonds. The van der Waals surface area contributed by atoms with Crippen LogP contribution in [0.15, 0.2) is 24.3 Å². The molecule has 1 aromatic carbocycles. The lowest BCUT2D eigenvalue weighted by Crippen LogP contribution is -2.43. The predicted molar refractivity (Wildman–Crippen MR) is 75.8 cm³/mol. The maximum Gasteiger partial charge on any atom is 0.344 e. The summed E-state index contributed by atoms with van der Waals surface area (Å²) in [6, 6.07) is 6.59. The van der Waals surface area contributed by atoms with Gasteiger partial charge in [0.05, 0.1) is 0 Å². The van der Waals surface area contributed by atoms with Gasteiger partial charge in [0, 0.05) is 10.6 Å². The second-order valence-electron chi connectivity index (χ2n) is 5.20. The van der Waals surface area contributed by atoms with Gasteiger partial charge >= 0.3 is 5.97 Å². The molecule has 1 rings (SSSR count). The molecule has 0 radical (unpaired) electrons. The van der Waals surface area contributed by atoms with Crippen molar-refractivity contribution in [3.05, 3.63) is 29.3 Å². The third-order valence-electron chi connectivity index (χ3n) is 2.05. The van der Waals surface area contributed by atoms with Crippen molar-refractivity contribution in [2.75, 3.05) is 13.2 Å². The summed E-state index contributed by atoms with van der Waals surface area (Å²) in [5, 5.41) is 3.27. The van der Waals surface area contributed by atoms with Crippen molar-refractivity contribution < 1.29 is 19.1 Å². The summed E-state index contributed by atoms with van der Waals surface area (Å²) in [6.07, 6.45) is 0. The van der Waals surface area contributed by atoms with E-state index in [1.54, 1.807) is 24.3 Å². The Morgan fingerprint density at radius 1 is 1.15 bits per heavy atom. The first-order valence-electron chi connectivity index (χ1n) is 6.11. The summed E-state index contributed by atoms with van der Waals surface area (Å²) in [6.45, 7) is 4.95. The van der Waals surface area contributed by atoms with Gasteiger partial charge in [0.1, 0.15) is 5.75 Å². The Balaban J connectivity index is 2.27. The fourth-order valence-corrected chi connectivity index (χ4v) is 1.44. The zero-order chi connectivity index (χ0) is 15.2. The number of carbonyl (C=O) groups is 2. The molecule has 0 aliphatic carbocycles. The molecule has 0 bridgehead atoms. The normalized spacial score (nSPS) is 10.8. The lowest BCUT2D eigenvalue weighted by molar-refractivity contribution is -0.150. The number of benzene rings is 1. The molecule has 0 unspecified atom stereocenters. The van der Waals surface area contributed by atoms with Gasteiger partial charge in [-0.15, -0.1) is 0 Å². The van der Waals surface area contributed by atoms with Crippen LogP contribution in [0.3, 0.4) is 0 Å². The summed E-state index contributed by atoms with van der Waals surface area (Å²) >= 11 is 5.72. The van der Waals surface area contributed by atoms with Crippen molar-refractivity contribution in [2.24, 2.45) is 0 Å². The third-order valence-corrected chi connectivity index (χ3v) is 2.30. The van der Waals surface area contributed by atoms with Crippen molar-refractivity contribution in [3.8, 4) is 5.75 Å². The fourth-order valence-electron chi connectivity index (χ4n) is 1.32. The van der Waals surface area contributed by atoms with Crippen LogP contribution in [-0.4, -0.2) is 30.6 Å². The van der Waals surface area contributed by atoms with Crippen LogP contribution in [0.4, 0.5) is 0 Å². The van der Waals surface area contributed by atoms with Crippen molar-refractivity contribution in [1.82, 2.24) is 5.32 Å². The molecule has 0 aliphatic rings. The second kappa shape index (κ2) is 7.14. The van der Waals surface area contributed by atoms with Gasteiger partial charge in [0.2, 0.25) is 0 Å². The highest BCUT2D eigenvalue weighted by Gasteiger charge is 2.15. The van der Waals surface area contributed by atoms with Gasteiger partial charge in [-0.05, 0) is 45.0 Å². The summed E-state index contributed by atoms with van der Waals surface area (Å²) in [5.41, 5.74) is -0.358. The maximum atomic E-state index is 11.4. The molecular formula is C14H18ClNO4. The van der Waals surface area contributed by atoms with E-state index in [1.807, 2.05) is 20.8 Å². The van der Waals surface area contributed by atoms with E-state index < -0.39 is 5.97 Å². The first-order chi connectivity index (χ1) is 9.26. The highest BCUT2D eigenvalue weighted by Crippen LogP contribution is 2.15. The smallest absolute Gasteiger partial charge is 0.344 e. The highest BCUT2D eigenvalue weighted by atomic mass is 35.5. The minimum atomic E-state index is -0.607. The SMILES string of the molecule is CC(C)(C)NC(=O)COC(=O)COc1ccc(Cl)cc1. The van der Waals surface area contributed by atoms with Crippen LogP contribution in [0.2, 0.25) is 5.02 Å². The van der Waals surface area contributed by atoms with E-state index in [-0.39, 0.29) is 24.7 Å². The quantitative estimate of drug-likeness (QED) is 0.846. The second-order valence-corrected chi connectivity index (χ2v) is 5.64. The number of carbonyl (C=O) groups excluding carboxylic acids is 2. The molecular weight excluding hydrogens is 282 g/mol. The van der Waals surface area contributed by atoms with Crippen LogP contribution >= 0.6 is 11.6 Å². The number of amides is 1. The highest BCUT2D eigenvalue weighted by molar-refractivity contribution is 6.30. The van der Waals surface area contributed by atoms with Crippen LogP contribution in [0.5, 0.6) is 5.75 Å². The summed E-state index contributed by atoms with van der Waals surface area (Å²) in [7, 11) is 0. The lowest BCUT2D eigenvalue weighted by atomic mass is 10.1. The fraction of sp³-hybridized carbons (Fsp3) is 0.429. The molecule has 0 spiro atoms. The molecule has 1 aromatic rings. The Labute approximate surface area is 123 Å². The number of hydrogen-bond donors (Lipinski definition) is 1. The molecule has 1 N–H and O–H groups in total. The van der Waals surface area contributed by atoms with Crippen LogP contribution < -0.4 is 10.1 Å². The van der Waals surface area contributed by atoms with Gasteiger partial charge in [-0.2, -0.15) is 0 Å². The molecule has 110 valence electrons. The number of ether oxygens (including phenoxy) is 2. The average Bonchev–Trinajstić information content (AvgIpc) is 2.33. The van der Waals surface area contributed by atoms with Gasteiger partial charge in [0.15, 0.2) is 13.2 Å². The largest absolute Gasteiger partial charge is 0.482 e. The molecule has 0 heterocycles. The Morgan fingerprint density at radius 2 is 1.75 bits per heavy atom. The third kappa shape index (κ3) is 6.99. The Hall–Kier alpha value is -1.75. The summed E-state index contributed by atoms with van der Waals surface area (Å²) < 4.78 is 9.98. The molecule has 0 atom stereocenters. The number of rotatable bonds is 5. The minimum Gasteiger partial charge on any atom is -0.482 e. The Kier molecular flexibility index (Phi) is 5.82. The average molecular weight is 300 g/mol. The number of esters is 1. The van der Waals surface area contributed by atoms with Crippen molar-refractivity contribution >= 4 is 23.5 Å². The van der Waals surface area contributed by atoms with Crippen LogP contribution in [-0.2, 0) is 14.3 Å². The van der Waals surface area contributed by atoms with E-state index in [9.17, 15) is 9.59 Å². The van der Waals surface area contributed by atoms with Gasteiger partial charge < -0.3 is 14.8 Å². The first kappa shape index (κ1) is 16.3. The number of hydrogen-bond acceptors (Lipinski definition) is 4. The molecule has 0 fully saturated rings. The van der Waals surface area contributed by atoms with Gasteiger partial charge in [-0.1, -0.05) is 11.6 Å². The minimum absolute atomic E-state index is 0.259. The topological polar surface area (TPSA) is 64.6 Å². The Bertz CT molecular complexity index is 465. The molecule has 0 aromatic heterocycles. The van der Waals surface area contributed by atoms with E-state index >= 15 is 0 Å². The Morgan fingerprint density at radius 3 is 2.30 bits per heavy atom. The molecule has 0 saturated heterocycles. The standard InChI is InChI=1S/C14H18ClNO4/c1-14(2,3)16-12(17)8-20-13(18)9-19-11-6-4-10(15)5-7-11/h4-7H,8-9H2,1-3H3,(H,16,17). The summed E-state index contributed by atoms with van der Waals surface area (Å²) in [4.78, 5) is 22.8. The van der Waals surface area contributed by atoms with E-state index in [2.05, 4.69) is 5.32 Å². The van der Waals surface area contributed by atoms with Crippen LogP contribution in [0.1, 0.15) is 20.8 Å². The zero-order valence-corrected chi connectivity index (χ0v) is 12.5. The van der Waals surface area contributed by atoms with Gasteiger partial charge in [-0.25, -0.2) is 4.79 Å². The van der Waals surface area contributed by atoms with E-state index in [0.717, 1.165) is 0 Å². The zero-order valence-electron chi connectivity index (χ0n) is 11.7. The van der Waals surface area contributed by atoms with Crippen molar-refractivity contribution in [2.45, 2.75) is 26.3 Å². The van der Waals surface area contributed by atoms with Gasteiger partial charge in [0.25, 0.3) is 5.91 Å². The maximum absolute atomic E-state index is 11.4. The molecule has 6 heteroatoms. The summed E-state index contributed by atoms with van der Waals surface area (Å²) in [5.74, 6) is -0.452. The van der Waals surface area contributed by atoms with Crippen LogP contribution in [0, 0.1) is 0 Å². The molecule has 0 saturated carbocycles. The molecule has 5 nitrogen and oxygen atoms in total. The van der Waals surface area contributed by atoms with Crippen LogP contribution in [0.25, 0.3) is 0 Å². The van der Waals surface area contributed by atoms with E-state index in [1.165, 1.54) is 0 Å².